The minimum Gasteiger partial charge on any atom is -0.492 e. The Hall–Kier alpha value is -2.39. The molecule has 0 amide bonds. The molecule has 1 N–H and O–H groups in total. The molecular formula is C14H12N2O3S. The molecule has 0 fully saturated rings. The first-order valence-corrected chi connectivity index (χ1v) is 6.76. The van der Waals surface area contributed by atoms with Crippen molar-refractivity contribution in [3.8, 4) is 22.4 Å². The predicted molar refractivity (Wildman–Crippen MR) is 75.1 cm³/mol. The number of nitriles is 1. The fraction of sp³-hybridized carbons (Fsp3) is 0.214. The van der Waals surface area contributed by atoms with Gasteiger partial charge >= 0.3 is 5.97 Å². The molecule has 2 rings (SSSR count). The summed E-state index contributed by atoms with van der Waals surface area (Å²) in [5, 5.41) is 18.7. The van der Waals surface area contributed by atoms with Crippen molar-refractivity contribution in [1.29, 1.82) is 5.26 Å². The number of hydrogen-bond acceptors (Lipinski definition) is 5. The van der Waals surface area contributed by atoms with Gasteiger partial charge in [0.25, 0.3) is 0 Å². The molecule has 6 heteroatoms. The van der Waals surface area contributed by atoms with Crippen molar-refractivity contribution in [2.45, 2.75) is 13.8 Å². The molecule has 0 saturated heterocycles. The number of aromatic nitrogens is 1. The first kappa shape index (κ1) is 14.0. The Morgan fingerprint density at radius 3 is 2.85 bits per heavy atom. The summed E-state index contributed by atoms with van der Waals surface area (Å²) >= 11 is 1.10. The van der Waals surface area contributed by atoms with Crippen LogP contribution >= 0.6 is 11.3 Å². The van der Waals surface area contributed by atoms with Gasteiger partial charge in [0.1, 0.15) is 21.7 Å². The third-order valence-corrected chi connectivity index (χ3v) is 3.83. The molecule has 1 heterocycles. The number of nitrogens with zero attached hydrogens (tertiary/aromatic N) is 2. The molecule has 0 radical (unpaired) electrons. The molecule has 0 atom stereocenters. The van der Waals surface area contributed by atoms with Crippen molar-refractivity contribution in [3.63, 3.8) is 0 Å². The van der Waals surface area contributed by atoms with Crippen LogP contribution < -0.4 is 4.74 Å². The standard InChI is InChI=1S/C14H12N2O3S/c1-3-19-11-5-4-9(6-10(11)7-15)13-16-8(2)12(20-13)14(17)18/h4-6H,3H2,1-2H3,(H,17,18). The second kappa shape index (κ2) is 5.72. The monoisotopic (exact) mass is 288 g/mol. The summed E-state index contributed by atoms with van der Waals surface area (Å²) in [5.74, 6) is -0.469. The first-order chi connectivity index (χ1) is 9.56. The average molecular weight is 288 g/mol. The SMILES string of the molecule is CCOc1ccc(-c2nc(C)c(C(=O)O)s2)cc1C#N. The zero-order valence-corrected chi connectivity index (χ0v) is 11.8. The van der Waals surface area contributed by atoms with Crippen molar-refractivity contribution in [2.24, 2.45) is 0 Å². The minimum absolute atomic E-state index is 0.215. The number of aryl methyl sites for hydroxylation is 1. The van der Waals surface area contributed by atoms with Crippen LogP contribution in [-0.2, 0) is 0 Å². The Bertz CT molecular complexity index is 701. The van der Waals surface area contributed by atoms with Gasteiger partial charge in [-0.1, -0.05) is 0 Å². The lowest BCUT2D eigenvalue weighted by atomic mass is 10.1. The highest BCUT2D eigenvalue weighted by Gasteiger charge is 2.16. The Morgan fingerprint density at radius 1 is 1.55 bits per heavy atom. The Balaban J connectivity index is 2.46. The molecule has 1 aromatic carbocycles. The van der Waals surface area contributed by atoms with Gasteiger partial charge in [0, 0.05) is 5.56 Å². The summed E-state index contributed by atoms with van der Waals surface area (Å²) in [5.41, 5.74) is 1.60. The van der Waals surface area contributed by atoms with Gasteiger partial charge in [0.2, 0.25) is 0 Å². The molecule has 0 spiro atoms. The molecule has 0 aliphatic rings. The second-order valence-electron chi connectivity index (χ2n) is 3.99. The number of carboxylic acid groups (broad SMARTS) is 1. The van der Waals surface area contributed by atoms with Crippen molar-refractivity contribution in [3.05, 3.63) is 34.3 Å². The fourth-order valence-electron chi connectivity index (χ4n) is 1.75. The van der Waals surface area contributed by atoms with E-state index in [0.717, 1.165) is 11.3 Å². The molecular weight excluding hydrogens is 276 g/mol. The van der Waals surface area contributed by atoms with Gasteiger partial charge in [0.05, 0.1) is 17.9 Å². The summed E-state index contributed by atoms with van der Waals surface area (Å²) in [6.45, 7) is 3.98. The summed E-state index contributed by atoms with van der Waals surface area (Å²) in [6.07, 6.45) is 0. The zero-order valence-electron chi connectivity index (χ0n) is 11.0. The average Bonchev–Trinajstić information content (AvgIpc) is 2.82. The highest BCUT2D eigenvalue weighted by Crippen LogP contribution is 2.31. The third kappa shape index (κ3) is 2.63. The maximum Gasteiger partial charge on any atom is 0.347 e. The largest absolute Gasteiger partial charge is 0.492 e. The van der Waals surface area contributed by atoms with Crippen molar-refractivity contribution >= 4 is 17.3 Å². The van der Waals surface area contributed by atoms with Crippen LogP contribution in [0.3, 0.4) is 0 Å². The third-order valence-electron chi connectivity index (χ3n) is 2.64. The van der Waals surface area contributed by atoms with Crippen LogP contribution in [0.5, 0.6) is 5.75 Å². The molecule has 102 valence electrons. The van der Waals surface area contributed by atoms with Crippen molar-refractivity contribution < 1.29 is 14.6 Å². The van der Waals surface area contributed by atoms with Gasteiger partial charge in [-0.25, -0.2) is 9.78 Å². The number of carbonyl (C=O) groups is 1. The molecule has 20 heavy (non-hydrogen) atoms. The van der Waals surface area contributed by atoms with Crippen LogP contribution in [0.2, 0.25) is 0 Å². The van der Waals surface area contributed by atoms with E-state index in [9.17, 15) is 4.79 Å². The Morgan fingerprint density at radius 2 is 2.30 bits per heavy atom. The normalized spacial score (nSPS) is 10.1. The van der Waals surface area contributed by atoms with Crippen molar-refractivity contribution in [1.82, 2.24) is 4.98 Å². The molecule has 0 aliphatic carbocycles. The van der Waals surface area contributed by atoms with E-state index in [0.29, 0.717) is 34.2 Å². The van der Waals surface area contributed by atoms with E-state index in [2.05, 4.69) is 11.1 Å². The first-order valence-electron chi connectivity index (χ1n) is 5.94. The van der Waals surface area contributed by atoms with Gasteiger partial charge in [0.15, 0.2) is 0 Å². The molecule has 2 aromatic rings. The summed E-state index contributed by atoms with van der Waals surface area (Å²) in [6, 6.07) is 7.21. The summed E-state index contributed by atoms with van der Waals surface area (Å²) in [4.78, 5) is 15.5. The van der Waals surface area contributed by atoms with E-state index in [-0.39, 0.29) is 4.88 Å². The number of thiazole rings is 1. The number of benzene rings is 1. The number of hydrogen-bond donors (Lipinski definition) is 1. The van der Waals surface area contributed by atoms with Crippen LogP contribution in [0.15, 0.2) is 18.2 Å². The molecule has 0 unspecified atom stereocenters. The lowest BCUT2D eigenvalue weighted by Crippen LogP contribution is -1.94. The maximum absolute atomic E-state index is 11.0. The van der Waals surface area contributed by atoms with E-state index in [1.807, 2.05) is 6.92 Å². The van der Waals surface area contributed by atoms with Gasteiger partial charge in [-0.05, 0) is 32.0 Å². The van der Waals surface area contributed by atoms with Crippen LogP contribution in [-0.4, -0.2) is 22.7 Å². The number of aromatic carboxylic acids is 1. The number of rotatable bonds is 4. The quantitative estimate of drug-likeness (QED) is 0.934. The van der Waals surface area contributed by atoms with Crippen LogP contribution in [0.1, 0.15) is 27.9 Å². The Labute approximate surface area is 120 Å². The van der Waals surface area contributed by atoms with E-state index in [4.69, 9.17) is 15.1 Å². The van der Waals surface area contributed by atoms with E-state index >= 15 is 0 Å². The molecule has 0 bridgehead atoms. The molecule has 1 aromatic heterocycles. The van der Waals surface area contributed by atoms with Crippen molar-refractivity contribution in [2.75, 3.05) is 6.61 Å². The van der Waals surface area contributed by atoms with Crippen LogP contribution in [0.4, 0.5) is 0 Å². The topological polar surface area (TPSA) is 83.2 Å². The van der Waals surface area contributed by atoms with E-state index < -0.39 is 5.97 Å². The van der Waals surface area contributed by atoms with Crippen LogP contribution in [0, 0.1) is 18.3 Å². The van der Waals surface area contributed by atoms with Gasteiger partial charge in [-0.3, -0.25) is 0 Å². The lowest BCUT2D eigenvalue weighted by molar-refractivity contribution is 0.0701. The fourth-order valence-corrected chi connectivity index (χ4v) is 2.65. The molecule has 5 nitrogen and oxygen atoms in total. The summed E-state index contributed by atoms with van der Waals surface area (Å²) < 4.78 is 5.35. The predicted octanol–water partition coefficient (Wildman–Crippen LogP) is 3.09. The Kier molecular flexibility index (Phi) is 4.01. The molecule has 0 saturated carbocycles. The smallest absolute Gasteiger partial charge is 0.347 e. The molecule has 0 aliphatic heterocycles. The zero-order chi connectivity index (χ0) is 14.7. The second-order valence-corrected chi connectivity index (χ2v) is 4.99. The number of carboxylic acids is 1. The highest BCUT2D eigenvalue weighted by atomic mass is 32.1. The van der Waals surface area contributed by atoms with Gasteiger partial charge in [-0.15, -0.1) is 11.3 Å². The van der Waals surface area contributed by atoms with Crippen LogP contribution in [0.25, 0.3) is 10.6 Å². The summed E-state index contributed by atoms with van der Waals surface area (Å²) in [7, 11) is 0. The number of ether oxygens (including phenoxy) is 1. The maximum atomic E-state index is 11.0. The van der Waals surface area contributed by atoms with Gasteiger partial charge in [-0.2, -0.15) is 5.26 Å². The van der Waals surface area contributed by atoms with E-state index in [1.165, 1.54) is 0 Å². The lowest BCUT2D eigenvalue weighted by Gasteiger charge is -2.06. The minimum atomic E-state index is -0.988. The highest BCUT2D eigenvalue weighted by molar-refractivity contribution is 7.17. The van der Waals surface area contributed by atoms with E-state index in [1.54, 1.807) is 25.1 Å². The van der Waals surface area contributed by atoms with Gasteiger partial charge < -0.3 is 9.84 Å².